The monoisotopic (exact) mass is 263 g/mol. The van der Waals surface area contributed by atoms with Crippen LogP contribution >= 0.6 is 0 Å². The summed E-state index contributed by atoms with van der Waals surface area (Å²) >= 11 is 0. The number of nitrogens with zero attached hydrogens (tertiary/aromatic N) is 1. The van der Waals surface area contributed by atoms with Crippen molar-refractivity contribution >= 4 is 11.7 Å². The summed E-state index contributed by atoms with van der Waals surface area (Å²) in [6.07, 6.45) is 0.401. The van der Waals surface area contributed by atoms with Crippen molar-refractivity contribution in [3.8, 4) is 0 Å². The first-order chi connectivity index (χ1) is 8.83. The normalized spacial score (nSPS) is 13.9. The molecule has 0 radical (unpaired) electrons. The Bertz CT molecular complexity index is 450. The zero-order chi connectivity index (χ0) is 14.5. The lowest BCUT2D eigenvalue weighted by Gasteiger charge is -2.24. The molecule has 19 heavy (non-hydrogen) atoms. The number of amides is 1. The van der Waals surface area contributed by atoms with Crippen LogP contribution in [0.2, 0.25) is 0 Å². The first-order valence-electron chi connectivity index (χ1n) is 6.17. The van der Waals surface area contributed by atoms with E-state index in [2.05, 4.69) is 10.5 Å². The van der Waals surface area contributed by atoms with Gasteiger partial charge in [-0.05, 0) is 32.8 Å². The van der Waals surface area contributed by atoms with E-state index < -0.39 is 5.92 Å². The lowest BCUT2D eigenvalue weighted by molar-refractivity contribution is -0.124. The van der Waals surface area contributed by atoms with Crippen LogP contribution in [-0.4, -0.2) is 22.5 Å². The Morgan fingerprint density at radius 2 is 1.95 bits per heavy atom. The van der Waals surface area contributed by atoms with Crippen molar-refractivity contribution < 1.29 is 10.0 Å². The third-order valence-corrected chi connectivity index (χ3v) is 2.57. The first kappa shape index (κ1) is 15.0. The van der Waals surface area contributed by atoms with Gasteiger partial charge in [0.25, 0.3) is 0 Å². The van der Waals surface area contributed by atoms with Crippen LogP contribution in [0.5, 0.6) is 0 Å². The summed E-state index contributed by atoms with van der Waals surface area (Å²) in [5.41, 5.74) is 6.23. The van der Waals surface area contributed by atoms with Gasteiger partial charge in [-0.1, -0.05) is 35.5 Å². The number of nitrogens with two attached hydrogens (primary N) is 1. The molecule has 104 valence electrons. The number of rotatable bonds is 4. The van der Waals surface area contributed by atoms with E-state index in [1.54, 1.807) is 0 Å². The fourth-order valence-corrected chi connectivity index (χ4v) is 1.71. The quantitative estimate of drug-likeness (QED) is 0.333. The minimum Gasteiger partial charge on any atom is -0.409 e. The van der Waals surface area contributed by atoms with Crippen LogP contribution < -0.4 is 11.1 Å². The molecule has 4 N–H and O–H groups in total. The van der Waals surface area contributed by atoms with Crippen molar-refractivity contribution in [1.82, 2.24) is 5.32 Å². The fraction of sp³-hybridized carbons (Fsp3) is 0.429. The van der Waals surface area contributed by atoms with E-state index in [0.29, 0.717) is 6.42 Å². The highest BCUT2D eigenvalue weighted by Gasteiger charge is 2.26. The number of hydrogen-bond acceptors (Lipinski definition) is 3. The first-order valence-corrected chi connectivity index (χ1v) is 6.17. The minimum absolute atomic E-state index is 0.0781. The van der Waals surface area contributed by atoms with E-state index >= 15 is 0 Å². The van der Waals surface area contributed by atoms with Crippen LogP contribution in [0.15, 0.2) is 35.5 Å². The van der Waals surface area contributed by atoms with Gasteiger partial charge >= 0.3 is 0 Å². The molecule has 1 rings (SSSR count). The van der Waals surface area contributed by atoms with Gasteiger partial charge < -0.3 is 16.3 Å². The zero-order valence-corrected chi connectivity index (χ0v) is 11.6. The highest BCUT2D eigenvalue weighted by molar-refractivity contribution is 6.02. The summed E-state index contributed by atoms with van der Waals surface area (Å²) in [6.45, 7) is 5.66. The molecule has 0 fully saturated rings. The molecule has 1 aromatic carbocycles. The number of carbonyl (C=O) groups is 1. The van der Waals surface area contributed by atoms with Gasteiger partial charge in [0.15, 0.2) is 5.84 Å². The molecule has 0 saturated heterocycles. The lowest BCUT2D eigenvalue weighted by atomic mass is 9.96. The predicted octanol–water partition coefficient (Wildman–Crippen LogP) is 1.51. The SMILES string of the molecule is CC(C)(C)NC(=O)C(Cc1ccccc1)C(N)=NO. The number of amidine groups is 1. The summed E-state index contributed by atoms with van der Waals surface area (Å²) < 4.78 is 0. The zero-order valence-electron chi connectivity index (χ0n) is 11.6. The van der Waals surface area contributed by atoms with Gasteiger partial charge in [-0.2, -0.15) is 0 Å². The van der Waals surface area contributed by atoms with Crippen molar-refractivity contribution in [1.29, 1.82) is 0 Å². The Hall–Kier alpha value is -2.04. The number of nitrogens with one attached hydrogen (secondary N) is 1. The van der Waals surface area contributed by atoms with Crippen LogP contribution in [0.3, 0.4) is 0 Å². The Morgan fingerprint density at radius 1 is 1.37 bits per heavy atom. The van der Waals surface area contributed by atoms with Gasteiger partial charge in [0.1, 0.15) is 5.92 Å². The smallest absolute Gasteiger partial charge is 0.231 e. The van der Waals surface area contributed by atoms with Crippen LogP contribution in [0.25, 0.3) is 0 Å². The van der Waals surface area contributed by atoms with Crippen molar-refractivity contribution in [3.63, 3.8) is 0 Å². The Kier molecular flexibility index (Phi) is 4.92. The van der Waals surface area contributed by atoms with E-state index in [4.69, 9.17) is 10.9 Å². The summed E-state index contributed by atoms with van der Waals surface area (Å²) in [5.74, 6) is -0.996. The fourth-order valence-electron chi connectivity index (χ4n) is 1.71. The topological polar surface area (TPSA) is 87.7 Å². The third-order valence-electron chi connectivity index (χ3n) is 2.57. The number of hydrogen-bond donors (Lipinski definition) is 3. The van der Waals surface area contributed by atoms with E-state index in [9.17, 15) is 4.79 Å². The van der Waals surface area contributed by atoms with Crippen LogP contribution in [0.1, 0.15) is 26.3 Å². The van der Waals surface area contributed by atoms with E-state index in [0.717, 1.165) is 5.56 Å². The van der Waals surface area contributed by atoms with Crippen molar-refractivity contribution in [2.75, 3.05) is 0 Å². The summed E-state index contributed by atoms with van der Waals surface area (Å²) in [4.78, 5) is 12.2. The molecule has 0 spiro atoms. The van der Waals surface area contributed by atoms with Crippen LogP contribution in [-0.2, 0) is 11.2 Å². The molecule has 0 aliphatic heterocycles. The number of benzene rings is 1. The molecule has 1 unspecified atom stereocenters. The summed E-state index contributed by atoms with van der Waals surface area (Å²) in [5, 5.41) is 14.6. The average Bonchev–Trinajstić information content (AvgIpc) is 2.34. The molecule has 0 saturated carbocycles. The van der Waals surface area contributed by atoms with Gasteiger partial charge in [0.2, 0.25) is 5.91 Å². The maximum atomic E-state index is 12.2. The highest BCUT2D eigenvalue weighted by atomic mass is 16.4. The molecule has 0 aliphatic rings. The van der Waals surface area contributed by atoms with E-state index in [-0.39, 0.29) is 17.3 Å². The maximum Gasteiger partial charge on any atom is 0.231 e. The highest BCUT2D eigenvalue weighted by Crippen LogP contribution is 2.11. The molecule has 0 heterocycles. The maximum absolute atomic E-state index is 12.2. The van der Waals surface area contributed by atoms with E-state index in [1.807, 2.05) is 51.1 Å². The third kappa shape index (κ3) is 4.99. The Balaban J connectivity index is 2.87. The molecule has 0 bridgehead atoms. The Labute approximate surface area is 113 Å². The van der Waals surface area contributed by atoms with E-state index in [1.165, 1.54) is 0 Å². The van der Waals surface area contributed by atoms with Crippen LogP contribution in [0.4, 0.5) is 0 Å². The largest absolute Gasteiger partial charge is 0.409 e. The van der Waals surface area contributed by atoms with Crippen LogP contribution in [0, 0.1) is 5.92 Å². The molecular weight excluding hydrogens is 242 g/mol. The minimum atomic E-state index is -0.674. The van der Waals surface area contributed by atoms with Gasteiger partial charge in [0.05, 0.1) is 0 Å². The second kappa shape index (κ2) is 6.22. The molecule has 0 aliphatic carbocycles. The Morgan fingerprint density at radius 3 is 2.42 bits per heavy atom. The molecule has 5 nitrogen and oxygen atoms in total. The molecule has 5 heteroatoms. The summed E-state index contributed by atoms with van der Waals surface area (Å²) in [6, 6.07) is 9.49. The van der Waals surface area contributed by atoms with Gasteiger partial charge in [-0.15, -0.1) is 0 Å². The van der Waals surface area contributed by atoms with Gasteiger partial charge in [-0.3, -0.25) is 4.79 Å². The van der Waals surface area contributed by atoms with Crippen molar-refractivity contribution in [2.45, 2.75) is 32.7 Å². The molecule has 0 aromatic heterocycles. The van der Waals surface area contributed by atoms with Gasteiger partial charge in [-0.25, -0.2) is 0 Å². The molecular formula is C14H21N3O2. The second-order valence-electron chi connectivity index (χ2n) is 5.51. The van der Waals surface area contributed by atoms with Gasteiger partial charge in [0, 0.05) is 5.54 Å². The molecule has 1 aromatic rings. The second-order valence-corrected chi connectivity index (χ2v) is 5.51. The lowest BCUT2D eigenvalue weighted by Crippen LogP contribution is -2.48. The predicted molar refractivity (Wildman–Crippen MR) is 74.9 cm³/mol. The van der Waals surface area contributed by atoms with Crippen molar-refractivity contribution in [3.05, 3.63) is 35.9 Å². The molecule has 1 atom stereocenters. The summed E-state index contributed by atoms with van der Waals surface area (Å²) in [7, 11) is 0. The molecule has 1 amide bonds. The standard InChI is InChI=1S/C14H21N3O2/c1-14(2,3)16-13(18)11(12(15)17-19)9-10-7-5-4-6-8-10/h4-8,11,19H,9H2,1-3H3,(H2,15,17)(H,16,18). The van der Waals surface area contributed by atoms with Crippen molar-refractivity contribution in [2.24, 2.45) is 16.8 Å². The average molecular weight is 263 g/mol. The number of oxime groups is 1. The number of carbonyl (C=O) groups excluding carboxylic acids is 1.